The molecule has 0 aromatic heterocycles. The number of carbonyl (C=O) groups excluding carboxylic acids is 1. The molecule has 0 radical (unpaired) electrons. The molecule has 0 N–H and O–H groups in total. The fraction of sp³-hybridized carbons (Fsp3) is 0.588. The zero-order valence-corrected chi connectivity index (χ0v) is 12.6. The van der Waals surface area contributed by atoms with Crippen LogP contribution >= 0.6 is 0 Å². The zero-order chi connectivity index (χ0) is 15.6. The minimum atomic E-state index is -0.647. The van der Waals surface area contributed by atoms with E-state index in [1.165, 1.54) is 18.2 Å². The van der Waals surface area contributed by atoms with E-state index in [-0.39, 0.29) is 23.3 Å². The first-order chi connectivity index (χ1) is 10.6. The summed E-state index contributed by atoms with van der Waals surface area (Å²) in [6.45, 7) is 2.84. The Morgan fingerprint density at radius 1 is 1.18 bits per heavy atom. The molecular weight excluding hydrogens is 288 g/mol. The average molecular weight is 309 g/mol. The van der Waals surface area contributed by atoms with Crippen LogP contribution in [0.15, 0.2) is 18.2 Å². The van der Waals surface area contributed by atoms with Crippen LogP contribution in [0.1, 0.15) is 31.2 Å². The third-order valence-corrected chi connectivity index (χ3v) is 4.96. The maximum atomic E-state index is 13.7. The first-order valence-corrected chi connectivity index (χ1v) is 7.88. The van der Waals surface area contributed by atoms with Crippen LogP contribution in [-0.2, 0) is 16.0 Å². The van der Waals surface area contributed by atoms with E-state index >= 15 is 0 Å². The topological polar surface area (TPSA) is 29.5 Å². The lowest BCUT2D eigenvalue weighted by Crippen LogP contribution is -2.48. The molecule has 2 heterocycles. The Hall–Kier alpha value is -1.49. The smallest absolute Gasteiger partial charge is 0.227 e. The van der Waals surface area contributed by atoms with Gasteiger partial charge < -0.3 is 9.64 Å². The highest BCUT2D eigenvalue weighted by Crippen LogP contribution is 2.39. The standard InChI is InChI=1S/C17H21F2NO2/c18-14-3-1-4-15(19)13(14)11-16(21)20-8-2-5-17(12-20)6-9-22-10-7-17/h1,3-4H,2,5-12H2. The summed E-state index contributed by atoms with van der Waals surface area (Å²) in [4.78, 5) is 14.2. The molecule has 2 fully saturated rings. The molecule has 2 aliphatic heterocycles. The van der Waals surface area contributed by atoms with Crippen LogP contribution in [0.3, 0.4) is 0 Å². The number of amides is 1. The number of rotatable bonds is 2. The highest BCUT2D eigenvalue weighted by atomic mass is 19.1. The molecule has 0 saturated carbocycles. The number of hydrogen-bond acceptors (Lipinski definition) is 2. The molecule has 2 saturated heterocycles. The molecule has 1 spiro atoms. The molecule has 0 bridgehead atoms. The minimum absolute atomic E-state index is 0.126. The Balaban J connectivity index is 1.69. The van der Waals surface area contributed by atoms with E-state index in [1.807, 2.05) is 0 Å². The van der Waals surface area contributed by atoms with Gasteiger partial charge in [-0.05, 0) is 43.2 Å². The molecule has 1 aromatic rings. The van der Waals surface area contributed by atoms with Crippen molar-refractivity contribution in [2.24, 2.45) is 5.41 Å². The first-order valence-electron chi connectivity index (χ1n) is 7.88. The van der Waals surface area contributed by atoms with Crippen molar-refractivity contribution in [3.63, 3.8) is 0 Å². The average Bonchev–Trinajstić information content (AvgIpc) is 2.52. The molecule has 3 rings (SSSR count). The lowest BCUT2D eigenvalue weighted by molar-refractivity contribution is -0.136. The van der Waals surface area contributed by atoms with Gasteiger partial charge in [0.15, 0.2) is 0 Å². The van der Waals surface area contributed by atoms with Crippen LogP contribution in [-0.4, -0.2) is 37.1 Å². The van der Waals surface area contributed by atoms with E-state index in [2.05, 4.69) is 0 Å². The predicted octanol–water partition coefficient (Wildman–Crippen LogP) is 2.93. The monoisotopic (exact) mass is 309 g/mol. The minimum Gasteiger partial charge on any atom is -0.381 e. The number of carbonyl (C=O) groups is 1. The summed E-state index contributed by atoms with van der Waals surface area (Å²) in [5.74, 6) is -1.48. The summed E-state index contributed by atoms with van der Waals surface area (Å²) in [5, 5.41) is 0. The Labute approximate surface area is 129 Å². The third kappa shape index (κ3) is 3.14. The third-order valence-electron chi connectivity index (χ3n) is 4.96. The van der Waals surface area contributed by atoms with E-state index in [0.29, 0.717) is 13.1 Å². The van der Waals surface area contributed by atoms with Crippen molar-refractivity contribution in [3.8, 4) is 0 Å². The van der Waals surface area contributed by atoms with Crippen LogP contribution in [0.2, 0.25) is 0 Å². The first kappa shape index (κ1) is 15.4. The van der Waals surface area contributed by atoms with Crippen LogP contribution in [0.4, 0.5) is 8.78 Å². The van der Waals surface area contributed by atoms with E-state index in [1.54, 1.807) is 4.90 Å². The van der Waals surface area contributed by atoms with Gasteiger partial charge in [-0.2, -0.15) is 0 Å². The van der Waals surface area contributed by atoms with Crippen molar-refractivity contribution < 1.29 is 18.3 Å². The van der Waals surface area contributed by atoms with Crippen molar-refractivity contribution in [3.05, 3.63) is 35.4 Å². The number of hydrogen-bond donors (Lipinski definition) is 0. The Bertz CT molecular complexity index is 530. The Kier molecular flexibility index (Phi) is 4.43. The van der Waals surface area contributed by atoms with Gasteiger partial charge in [0.25, 0.3) is 0 Å². The van der Waals surface area contributed by atoms with Gasteiger partial charge in [-0.15, -0.1) is 0 Å². The Morgan fingerprint density at radius 3 is 2.55 bits per heavy atom. The van der Waals surface area contributed by atoms with Gasteiger partial charge in [-0.3, -0.25) is 4.79 Å². The van der Waals surface area contributed by atoms with Crippen LogP contribution < -0.4 is 0 Å². The molecule has 0 aliphatic carbocycles. The molecule has 0 atom stereocenters. The molecular formula is C17H21F2NO2. The summed E-state index contributed by atoms with van der Waals surface area (Å²) >= 11 is 0. The molecule has 3 nitrogen and oxygen atoms in total. The summed E-state index contributed by atoms with van der Waals surface area (Å²) in [6.07, 6.45) is 3.78. The maximum Gasteiger partial charge on any atom is 0.227 e. The zero-order valence-electron chi connectivity index (χ0n) is 12.6. The van der Waals surface area contributed by atoms with Crippen LogP contribution in [0.25, 0.3) is 0 Å². The van der Waals surface area contributed by atoms with Gasteiger partial charge in [-0.25, -0.2) is 8.78 Å². The van der Waals surface area contributed by atoms with Gasteiger partial charge in [0.2, 0.25) is 5.91 Å². The maximum absolute atomic E-state index is 13.7. The van der Waals surface area contributed by atoms with Crippen molar-refractivity contribution in [1.29, 1.82) is 0 Å². The number of halogens is 2. The molecule has 2 aliphatic rings. The summed E-state index contributed by atoms with van der Waals surface area (Å²) in [7, 11) is 0. The number of ether oxygens (including phenoxy) is 1. The highest BCUT2D eigenvalue weighted by Gasteiger charge is 2.38. The van der Waals surface area contributed by atoms with E-state index < -0.39 is 11.6 Å². The molecule has 0 unspecified atom stereocenters. The van der Waals surface area contributed by atoms with E-state index in [0.717, 1.165) is 38.9 Å². The fourth-order valence-electron chi connectivity index (χ4n) is 3.60. The van der Waals surface area contributed by atoms with Crippen LogP contribution in [0, 0.1) is 17.0 Å². The van der Waals surface area contributed by atoms with Gasteiger partial charge in [0.05, 0.1) is 6.42 Å². The predicted molar refractivity (Wildman–Crippen MR) is 78.4 cm³/mol. The summed E-state index contributed by atoms with van der Waals surface area (Å²) in [5.41, 5.74) is 0.0130. The van der Waals surface area contributed by atoms with Crippen LogP contribution in [0.5, 0.6) is 0 Å². The van der Waals surface area contributed by atoms with Crippen molar-refractivity contribution in [1.82, 2.24) is 4.90 Å². The number of likely N-dealkylation sites (tertiary alicyclic amines) is 1. The van der Waals surface area contributed by atoms with Crippen molar-refractivity contribution in [2.45, 2.75) is 32.1 Å². The van der Waals surface area contributed by atoms with Crippen molar-refractivity contribution >= 4 is 5.91 Å². The SMILES string of the molecule is O=C(Cc1c(F)cccc1F)N1CCCC2(CCOCC2)C1. The van der Waals surface area contributed by atoms with E-state index in [9.17, 15) is 13.6 Å². The molecule has 22 heavy (non-hydrogen) atoms. The lowest BCUT2D eigenvalue weighted by Gasteiger charge is -2.45. The van der Waals surface area contributed by atoms with Gasteiger partial charge in [0, 0.05) is 31.9 Å². The quantitative estimate of drug-likeness (QED) is 0.840. The summed E-state index contributed by atoms with van der Waals surface area (Å²) < 4.78 is 32.8. The molecule has 1 aromatic carbocycles. The second kappa shape index (κ2) is 6.32. The largest absolute Gasteiger partial charge is 0.381 e. The van der Waals surface area contributed by atoms with Gasteiger partial charge >= 0.3 is 0 Å². The molecule has 1 amide bonds. The lowest BCUT2D eigenvalue weighted by atomic mass is 9.74. The number of nitrogens with zero attached hydrogens (tertiary/aromatic N) is 1. The second-order valence-electron chi connectivity index (χ2n) is 6.41. The highest BCUT2D eigenvalue weighted by molar-refractivity contribution is 5.79. The number of benzene rings is 1. The van der Waals surface area contributed by atoms with Gasteiger partial charge in [-0.1, -0.05) is 6.07 Å². The Morgan fingerprint density at radius 2 is 1.86 bits per heavy atom. The summed E-state index contributed by atoms with van der Waals surface area (Å²) in [6, 6.07) is 3.71. The normalized spacial score (nSPS) is 21.1. The second-order valence-corrected chi connectivity index (χ2v) is 6.41. The van der Waals surface area contributed by atoms with Gasteiger partial charge in [0.1, 0.15) is 11.6 Å². The molecule has 120 valence electrons. The van der Waals surface area contributed by atoms with Crippen molar-refractivity contribution in [2.75, 3.05) is 26.3 Å². The fourth-order valence-corrected chi connectivity index (χ4v) is 3.60. The van der Waals surface area contributed by atoms with E-state index in [4.69, 9.17) is 4.74 Å². The number of piperidine rings is 1. The molecule has 5 heteroatoms.